The minimum absolute atomic E-state index is 0.0623. The van der Waals surface area contributed by atoms with Crippen molar-refractivity contribution in [1.29, 1.82) is 0 Å². The maximum Gasteiger partial charge on any atom is 0.312 e. The first-order chi connectivity index (χ1) is 13.9. The Kier molecular flexibility index (Phi) is 4.81. The second kappa shape index (κ2) is 7.44. The Hall–Kier alpha value is -3.59. The van der Waals surface area contributed by atoms with Gasteiger partial charge in [0.2, 0.25) is 5.91 Å². The number of anilines is 1. The molecule has 0 aliphatic heterocycles. The van der Waals surface area contributed by atoms with Crippen LogP contribution in [-0.4, -0.2) is 25.6 Å². The maximum atomic E-state index is 12.6. The third kappa shape index (κ3) is 3.59. The maximum absolute atomic E-state index is 12.6. The van der Waals surface area contributed by atoms with E-state index in [2.05, 4.69) is 15.4 Å². The molecule has 0 bridgehead atoms. The Morgan fingerprint density at radius 1 is 1.17 bits per heavy atom. The van der Waals surface area contributed by atoms with Gasteiger partial charge in [0.15, 0.2) is 0 Å². The molecule has 0 aliphatic rings. The number of fused-ring (bicyclic) bond motifs is 1. The Balaban J connectivity index is 1.60. The van der Waals surface area contributed by atoms with Crippen molar-refractivity contribution < 1.29 is 9.72 Å². The molecule has 0 fully saturated rings. The van der Waals surface area contributed by atoms with Crippen molar-refractivity contribution in [2.24, 2.45) is 0 Å². The third-order valence-electron chi connectivity index (χ3n) is 4.54. The highest BCUT2D eigenvalue weighted by Crippen LogP contribution is 2.34. The van der Waals surface area contributed by atoms with Gasteiger partial charge in [-0.3, -0.25) is 19.6 Å². The number of para-hydroxylation sites is 2. The van der Waals surface area contributed by atoms with Gasteiger partial charge in [-0.25, -0.2) is 4.98 Å². The highest BCUT2D eigenvalue weighted by atomic mass is 32.1. The van der Waals surface area contributed by atoms with Gasteiger partial charge in [-0.15, -0.1) is 11.3 Å². The standard InChI is InChI=1S/C20H17N5O3S/c1-12-19(25(27)28)13(2)24(23-12)11-18(26)21-15-8-4-3-7-14(15)20-22-16-9-5-6-10-17(16)29-20/h3-10H,11H2,1-2H3,(H,21,26). The van der Waals surface area contributed by atoms with E-state index in [0.29, 0.717) is 11.4 Å². The summed E-state index contributed by atoms with van der Waals surface area (Å²) < 4.78 is 2.42. The number of amides is 1. The minimum atomic E-state index is -0.478. The molecular weight excluding hydrogens is 390 g/mol. The van der Waals surface area contributed by atoms with Crippen LogP contribution in [0.25, 0.3) is 20.8 Å². The predicted octanol–water partition coefficient (Wildman–Crippen LogP) is 4.32. The van der Waals surface area contributed by atoms with Crippen molar-refractivity contribution in [1.82, 2.24) is 14.8 Å². The lowest BCUT2D eigenvalue weighted by atomic mass is 10.2. The van der Waals surface area contributed by atoms with Crippen molar-refractivity contribution in [2.75, 3.05) is 5.32 Å². The number of thiazole rings is 1. The molecule has 0 spiro atoms. The van der Waals surface area contributed by atoms with E-state index in [1.54, 1.807) is 25.2 Å². The number of carbonyl (C=O) groups is 1. The van der Waals surface area contributed by atoms with Gasteiger partial charge in [0.05, 0.1) is 20.8 Å². The smallest absolute Gasteiger partial charge is 0.312 e. The van der Waals surface area contributed by atoms with Crippen LogP contribution >= 0.6 is 11.3 Å². The molecule has 1 N–H and O–H groups in total. The number of nitrogens with one attached hydrogen (secondary N) is 1. The monoisotopic (exact) mass is 407 g/mol. The molecule has 0 radical (unpaired) electrons. The molecule has 4 aromatic rings. The second-order valence-electron chi connectivity index (χ2n) is 6.51. The SMILES string of the molecule is Cc1nn(CC(=O)Nc2ccccc2-c2nc3ccccc3s2)c(C)c1[N+](=O)[O-]. The Morgan fingerprint density at radius 2 is 1.90 bits per heavy atom. The first-order valence-electron chi connectivity index (χ1n) is 8.87. The summed E-state index contributed by atoms with van der Waals surface area (Å²) in [6, 6.07) is 15.3. The molecule has 2 aromatic carbocycles. The zero-order valence-electron chi connectivity index (χ0n) is 15.7. The second-order valence-corrected chi connectivity index (χ2v) is 7.55. The largest absolute Gasteiger partial charge is 0.324 e. The average molecular weight is 407 g/mol. The molecule has 0 saturated carbocycles. The van der Waals surface area contributed by atoms with Crippen molar-refractivity contribution >= 4 is 38.8 Å². The third-order valence-corrected chi connectivity index (χ3v) is 5.61. The summed E-state index contributed by atoms with van der Waals surface area (Å²) in [7, 11) is 0. The van der Waals surface area contributed by atoms with Crippen LogP contribution in [-0.2, 0) is 11.3 Å². The molecule has 146 valence electrons. The zero-order chi connectivity index (χ0) is 20.5. The Morgan fingerprint density at radius 3 is 2.62 bits per heavy atom. The lowest BCUT2D eigenvalue weighted by Crippen LogP contribution is -2.20. The molecular formula is C20H17N5O3S. The summed E-state index contributed by atoms with van der Waals surface area (Å²) >= 11 is 1.55. The van der Waals surface area contributed by atoms with E-state index in [-0.39, 0.29) is 23.8 Å². The lowest BCUT2D eigenvalue weighted by molar-refractivity contribution is -0.386. The van der Waals surface area contributed by atoms with E-state index in [1.807, 2.05) is 48.5 Å². The zero-order valence-corrected chi connectivity index (χ0v) is 16.6. The average Bonchev–Trinajstić information content (AvgIpc) is 3.22. The summed E-state index contributed by atoms with van der Waals surface area (Å²) in [5, 5.41) is 19.0. The lowest BCUT2D eigenvalue weighted by Gasteiger charge is -2.10. The summed E-state index contributed by atoms with van der Waals surface area (Å²) in [6.07, 6.45) is 0. The van der Waals surface area contributed by atoms with Gasteiger partial charge < -0.3 is 5.32 Å². The van der Waals surface area contributed by atoms with Crippen LogP contribution in [0.2, 0.25) is 0 Å². The molecule has 8 nitrogen and oxygen atoms in total. The van der Waals surface area contributed by atoms with Gasteiger partial charge in [0.25, 0.3) is 0 Å². The van der Waals surface area contributed by atoms with Crippen LogP contribution in [0, 0.1) is 24.0 Å². The molecule has 29 heavy (non-hydrogen) atoms. The fourth-order valence-corrected chi connectivity index (χ4v) is 4.20. The van der Waals surface area contributed by atoms with E-state index < -0.39 is 4.92 Å². The quantitative estimate of drug-likeness (QED) is 0.392. The van der Waals surface area contributed by atoms with E-state index in [9.17, 15) is 14.9 Å². The van der Waals surface area contributed by atoms with Crippen molar-refractivity contribution in [3.63, 3.8) is 0 Å². The van der Waals surface area contributed by atoms with E-state index in [1.165, 1.54) is 4.68 Å². The van der Waals surface area contributed by atoms with Crippen LogP contribution in [0.5, 0.6) is 0 Å². The number of nitrogens with zero attached hydrogens (tertiary/aromatic N) is 4. The molecule has 2 aromatic heterocycles. The van der Waals surface area contributed by atoms with E-state index in [0.717, 1.165) is 20.8 Å². The van der Waals surface area contributed by atoms with Gasteiger partial charge in [-0.05, 0) is 38.1 Å². The predicted molar refractivity (Wildman–Crippen MR) is 112 cm³/mol. The van der Waals surface area contributed by atoms with Crippen LogP contribution in [0.1, 0.15) is 11.4 Å². The number of hydrogen-bond acceptors (Lipinski definition) is 6. The fraction of sp³-hybridized carbons (Fsp3) is 0.150. The van der Waals surface area contributed by atoms with Gasteiger partial charge in [0.1, 0.15) is 22.9 Å². The molecule has 4 rings (SSSR count). The summed E-state index contributed by atoms with van der Waals surface area (Å²) in [4.78, 5) is 28.0. The van der Waals surface area contributed by atoms with Crippen molar-refractivity contribution in [3.8, 4) is 10.6 Å². The van der Waals surface area contributed by atoms with Crippen LogP contribution < -0.4 is 5.32 Å². The summed E-state index contributed by atoms with van der Waals surface area (Å²) in [5.74, 6) is -0.320. The molecule has 0 saturated heterocycles. The first kappa shape index (κ1) is 18.8. The first-order valence-corrected chi connectivity index (χ1v) is 9.69. The number of rotatable bonds is 5. The van der Waals surface area contributed by atoms with Crippen molar-refractivity contribution in [2.45, 2.75) is 20.4 Å². The number of hydrogen-bond donors (Lipinski definition) is 1. The molecule has 2 heterocycles. The molecule has 0 unspecified atom stereocenters. The number of aromatic nitrogens is 3. The number of nitro groups is 1. The minimum Gasteiger partial charge on any atom is -0.324 e. The van der Waals surface area contributed by atoms with Crippen molar-refractivity contribution in [3.05, 3.63) is 70.0 Å². The van der Waals surface area contributed by atoms with E-state index >= 15 is 0 Å². The van der Waals surface area contributed by atoms with E-state index in [4.69, 9.17) is 0 Å². The fourth-order valence-electron chi connectivity index (χ4n) is 3.20. The van der Waals surface area contributed by atoms with Crippen LogP contribution in [0.3, 0.4) is 0 Å². The summed E-state index contributed by atoms with van der Waals surface area (Å²) in [6.45, 7) is 3.02. The molecule has 9 heteroatoms. The molecule has 0 atom stereocenters. The van der Waals surface area contributed by atoms with Gasteiger partial charge >= 0.3 is 5.69 Å². The Bertz CT molecular complexity index is 1210. The number of benzene rings is 2. The topological polar surface area (TPSA) is 103 Å². The van der Waals surface area contributed by atoms with Crippen LogP contribution in [0.15, 0.2) is 48.5 Å². The van der Waals surface area contributed by atoms with Crippen LogP contribution in [0.4, 0.5) is 11.4 Å². The molecule has 1 amide bonds. The van der Waals surface area contributed by atoms with Gasteiger partial charge in [0, 0.05) is 5.56 Å². The Labute approximate surface area is 170 Å². The molecule has 0 aliphatic carbocycles. The normalized spacial score (nSPS) is 11.0. The summed E-state index contributed by atoms with van der Waals surface area (Å²) in [5.41, 5.74) is 2.93. The van der Waals surface area contributed by atoms with Gasteiger partial charge in [-0.1, -0.05) is 24.3 Å². The van der Waals surface area contributed by atoms with Gasteiger partial charge in [-0.2, -0.15) is 5.10 Å². The highest BCUT2D eigenvalue weighted by Gasteiger charge is 2.23. The highest BCUT2D eigenvalue weighted by molar-refractivity contribution is 7.21. The number of carbonyl (C=O) groups excluding carboxylic acids is 1. The number of aryl methyl sites for hydroxylation is 1.